The topological polar surface area (TPSA) is 41.5 Å². The van der Waals surface area contributed by atoms with E-state index in [1.165, 1.54) is 0 Å². The van der Waals surface area contributed by atoms with E-state index in [0.717, 1.165) is 37.0 Å². The molecule has 0 amide bonds. The summed E-state index contributed by atoms with van der Waals surface area (Å²) in [6.07, 6.45) is 3.81. The molecule has 0 bridgehead atoms. The van der Waals surface area contributed by atoms with Crippen molar-refractivity contribution < 1.29 is 9.84 Å². The normalized spacial score (nSPS) is 27.5. The Labute approximate surface area is 116 Å². The van der Waals surface area contributed by atoms with Gasteiger partial charge >= 0.3 is 0 Å². The number of aliphatic hydroxyl groups is 1. The molecule has 3 nitrogen and oxygen atoms in total. The first-order valence-corrected chi connectivity index (χ1v) is 7.20. The van der Waals surface area contributed by atoms with Gasteiger partial charge < -0.3 is 15.2 Å². The van der Waals surface area contributed by atoms with Crippen LogP contribution in [0.3, 0.4) is 0 Å². The van der Waals surface area contributed by atoms with E-state index in [1.54, 1.807) is 0 Å². The van der Waals surface area contributed by atoms with E-state index in [4.69, 9.17) is 4.74 Å². The highest BCUT2D eigenvalue weighted by atomic mass is 16.5. The van der Waals surface area contributed by atoms with Gasteiger partial charge in [0, 0.05) is 6.04 Å². The van der Waals surface area contributed by atoms with Gasteiger partial charge in [0.15, 0.2) is 0 Å². The molecule has 1 fully saturated rings. The maximum absolute atomic E-state index is 10.8. The van der Waals surface area contributed by atoms with Crippen molar-refractivity contribution in [3.05, 3.63) is 29.8 Å². The molecule has 0 radical (unpaired) electrons. The monoisotopic (exact) mass is 263 g/mol. The zero-order valence-corrected chi connectivity index (χ0v) is 12.1. The summed E-state index contributed by atoms with van der Waals surface area (Å²) in [5.41, 5.74) is 0.296. The van der Waals surface area contributed by atoms with Crippen LogP contribution in [0.1, 0.15) is 45.1 Å². The second kappa shape index (κ2) is 5.93. The van der Waals surface area contributed by atoms with Crippen LogP contribution in [0.4, 0.5) is 0 Å². The van der Waals surface area contributed by atoms with E-state index >= 15 is 0 Å². The molecule has 106 valence electrons. The van der Waals surface area contributed by atoms with Crippen LogP contribution in [0.5, 0.6) is 5.75 Å². The van der Waals surface area contributed by atoms with Crippen molar-refractivity contribution in [1.82, 2.24) is 5.32 Å². The summed E-state index contributed by atoms with van der Waals surface area (Å²) in [5, 5.41) is 14.1. The number of benzene rings is 1. The Hall–Kier alpha value is -1.06. The van der Waals surface area contributed by atoms with Crippen molar-refractivity contribution in [2.45, 2.75) is 57.3 Å². The number of nitrogens with one attached hydrogen (secondary N) is 1. The van der Waals surface area contributed by atoms with Gasteiger partial charge in [-0.25, -0.2) is 0 Å². The second-order valence-electron chi connectivity index (χ2n) is 5.79. The minimum atomic E-state index is -0.691. The molecule has 0 aromatic heterocycles. The quantitative estimate of drug-likeness (QED) is 0.877. The number of hydrogen-bond donors (Lipinski definition) is 2. The summed E-state index contributed by atoms with van der Waals surface area (Å²) in [4.78, 5) is 0. The van der Waals surface area contributed by atoms with Crippen molar-refractivity contribution in [2.75, 3.05) is 7.05 Å². The molecule has 2 N–H and O–H groups in total. The predicted molar refractivity (Wildman–Crippen MR) is 77.4 cm³/mol. The Morgan fingerprint density at radius 1 is 1.32 bits per heavy atom. The summed E-state index contributed by atoms with van der Waals surface area (Å²) in [7, 11) is 1.99. The molecular weight excluding hydrogens is 238 g/mol. The lowest BCUT2D eigenvalue weighted by Gasteiger charge is -2.36. The van der Waals surface area contributed by atoms with Crippen LogP contribution < -0.4 is 10.1 Å². The second-order valence-corrected chi connectivity index (χ2v) is 5.79. The third kappa shape index (κ3) is 3.48. The van der Waals surface area contributed by atoms with Gasteiger partial charge in [0.05, 0.1) is 11.7 Å². The molecule has 1 aliphatic carbocycles. The van der Waals surface area contributed by atoms with Crippen molar-refractivity contribution in [3.8, 4) is 5.75 Å². The van der Waals surface area contributed by atoms with E-state index in [0.29, 0.717) is 6.04 Å². The zero-order chi connectivity index (χ0) is 13.9. The molecule has 1 aromatic carbocycles. The Kier molecular flexibility index (Phi) is 4.48. The molecule has 0 heterocycles. The standard InChI is InChI=1S/C16H25NO2/c1-12(2)19-15-6-4-5-13(11-15)16(18)9-7-14(17-3)8-10-16/h4-6,11-12,14,17-18H,7-10H2,1-3H3. The molecular formula is C16H25NO2. The Bertz CT molecular complexity index is 409. The maximum Gasteiger partial charge on any atom is 0.120 e. The lowest BCUT2D eigenvalue weighted by Crippen LogP contribution is -2.38. The maximum atomic E-state index is 10.8. The molecule has 1 aromatic rings. The SMILES string of the molecule is CNC1CCC(O)(c2cccc(OC(C)C)c2)CC1. The number of rotatable bonds is 4. The van der Waals surface area contributed by atoms with E-state index in [9.17, 15) is 5.11 Å². The van der Waals surface area contributed by atoms with Crippen LogP contribution in [0.15, 0.2) is 24.3 Å². The third-order valence-electron chi connectivity index (χ3n) is 3.96. The van der Waals surface area contributed by atoms with Crippen molar-refractivity contribution >= 4 is 0 Å². The highest BCUT2D eigenvalue weighted by Gasteiger charge is 2.34. The zero-order valence-electron chi connectivity index (χ0n) is 12.1. The van der Waals surface area contributed by atoms with Crippen molar-refractivity contribution in [3.63, 3.8) is 0 Å². The molecule has 0 atom stereocenters. The summed E-state index contributed by atoms with van der Waals surface area (Å²) in [5.74, 6) is 0.844. The molecule has 3 heteroatoms. The van der Waals surface area contributed by atoms with Crippen LogP contribution in [-0.2, 0) is 5.60 Å². The fourth-order valence-electron chi connectivity index (χ4n) is 2.80. The van der Waals surface area contributed by atoms with E-state index in [2.05, 4.69) is 5.32 Å². The molecule has 1 saturated carbocycles. The predicted octanol–water partition coefficient (Wildman–Crippen LogP) is 2.82. The largest absolute Gasteiger partial charge is 0.491 e. The Morgan fingerprint density at radius 2 is 2.00 bits per heavy atom. The molecule has 0 spiro atoms. The Morgan fingerprint density at radius 3 is 2.58 bits per heavy atom. The summed E-state index contributed by atoms with van der Waals surface area (Å²) in [6.45, 7) is 4.03. The first-order chi connectivity index (χ1) is 9.03. The van der Waals surface area contributed by atoms with Crippen LogP contribution in [0.25, 0.3) is 0 Å². The lowest BCUT2D eigenvalue weighted by molar-refractivity contribution is -0.00787. The van der Waals surface area contributed by atoms with Crippen LogP contribution in [0.2, 0.25) is 0 Å². The average Bonchev–Trinajstić information content (AvgIpc) is 2.39. The third-order valence-corrected chi connectivity index (χ3v) is 3.96. The lowest BCUT2D eigenvalue weighted by atomic mass is 9.78. The number of ether oxygens (including phenoxy) is 1. The summed E-state index contributed by atoms with van der Waals surface area (Å²) >= 11 is 0. The minimum absolute atomic E-state index is 0.157. The van der Waals surface area contributed by atoms with Gasteiger partial charge in [-0.05, 0) is 64.3 Å². The van der Waals surface area contributed by atoms with E-state index in [-0.39, 0.29) is 6.10 Å². The molecule has 1 aliphatic rings. The van der Waals surface area contributed by atoms with Gasteiger partial charge in [-0.2, -0.15) is 0 Å². The van der Waals surface area contributed by atoms with Gasteiger partial charge in [0.25, 0.3) is 0 Å². The van der Waals surface area contributed by atoms with Gasteiger partial charge in [-0.1, -0.05) is 12.1 Å². The molecule has 0 unspecified atom stereocenters. The van der Waals surface area contributed by atoms with Gasteiger partial charge in [0.2, 0.25) is 0 Å². The highest BCUT2D eigenvalue weighted by molar-refractivity contribution is 5.33. The van der Waals surface area contributed by atoms with Gasteiger partial charge in [-0.15, -0.1) is 0 Å². The first-order valence-electron chi connectivity index (χ1n) is 7.20. The summed E-state index contributed by atoms with van der Waals surface area (Å²) in [6, 6.07) is 8.45. The van der Waals surface area contributed by atoms with Crippen LogP contribution >= 0.6 is 0 Å². The number of hydrogen-bond acceptors (Lipinski definition) is 3. The molecule has 0 aliphatic heterocycles. The highest BCUT2D eigenvalue weighted by Crippen LogP contribution is 2.38. The Balaban J connectivity index is 2.12. The van der Waals surface area contributed by atoms with Crippen LogP contribution in [-0.4, -0.2) is 24.3 Å². The molecule has 2 rings (SSSR count). The van der Waals surface area contributed by atoms with E-state index < -0.39 is 5.60 Å². The fourth-order valence-corrected chi connectivity index (χ4v) is 2.80. The van der Waals surface area contributed by atoms with Crippen molar-refractivity contribution in [1.29, 1.82) is 0 Å². The first kappa shape index (κ1) is 14.4. The van der Waals surface area contributed by atoms with Crippen molar-refractivity contribution in [2.24, 2.45) is 0 Å². The van der Waals surface area contributed by atoms with Crippen LogP contribution in [0, 0.1) is 0 Å². The average molecular weight is 263 g/mol. The smallest absolute Gasteiger partial charge is 0.120 e. The summed E-state index contributed by atoms with van der Waals surface area (Å²) < 4.78 is 5.71. The minimum Gasteiger partial charge on any atom is -0.491 e. The molecule has 0 saturated heterocycles. The van der Waals surface area contributed by atoms with Gasteiger partial charge in [0.1, 0.15) is 5.75 Å². The molecule has 19 heavy (non-hydrogen) atoms. The van der Waals surface area contributed by atoms with Gasteiger partial charge in [-0.3, -0.25) is 0 Å². The fraction of sp³-hybridized carbons (Fsp3) is 0.625. The van der Waals surface area contributed by atoms with E-state index in [1.807, 2.05) is 45.2 Å².